The average Bonchev–Trinajstić information content (AvgIpc) is 2.76. The Morgan fingerprint density at radius 3 is 2.38 bits per heavy atom. The number of halogens is 3. The molecule has 0 aliphatic carbocycles. The van der Waals surface area contributed by atoms with Gasteiger partial charge in [0.25, 0.3) is 5.91 Å². The molecule has 3 aromatic rings. The molecule has 0 aliphatic rings. The summed E-state index contributed by atoms with van der Waals surface area (Å²) in [6.45, 7) is 3.78. The molecule has 0 heterocycles. The van der Waals surface area contributed by atoms with Gasteiger partial charge in [-0.25, -0.2) is 0 Å². The minimum absolute atomic E-state index is 0.0785. The van der Waals surface area contributed by atoms with E-state index in [1.165, 1.54) is 30.3 Å². The topological polar surface area (TPSA) is 96.3 Å². The first-order chi connectivity index (χ1) is 16.0. The van der Waals surface area contributed by atoms with Gasteiger partial charge in [0, 0.05) is 20.7 Å². The fourth-order valence-electron chi connectivity index (χ4n) is 2.98. The van der Waals surface area contributed by atoms with Crippen molar-refractivity contribution in [2.45, 2.75) is 18.7 Å². The molecule has 3 rings (SSSR count). The zero-order chi connectivity index (χ0) is 25.0. The third kappa shape index (κ3) is 6.27. The predicted molar refractivity (Wildman–Crippen MR) is 139 cm³/mol. The largest absolute Gasteiger partial charge is 0.377 e. The Bertz CT molecular complexity index is 1450. The summed E-state index contributed by atoms with van der Waals surface area (Å²) in [5.74, 6) is -0.720. The van der Waals surface area contributed by atoms with Crippen LogP contribution in [0.5, 0.6) is 5.75 Å². The normalized spacial score (nSPS) is 11.6. The van der Waals surface area contributed by atoms with E-state index in [2.05, 4.69) is 37.2 Å². The molecule has 10 heteroatoms. The molecule has 0 bridgehead atoms. The van der Waals surface area contributed by atoms with E-state index in [4.69, 9.17) is 15.8 Å². The highest BCUT2D eigenvalue weighted by atomic mass is 79.9. The monoisotopic (exact) mass is 622 g/mol. The molecule has 0 fully saturated rings. The highest BCUT2D eigenvalue weighted by Gasteiger charge is 2.22. The number of hydrogen-bond donors (Lipinski definition) is 1. The first-order valence-electron chi connectivity index (χ1n) is 9.69. The lowest BCUT2D eigenvalue weighted by Gasteiger charge is -2.13. The van der Waals surface area contributed by atoms with Gasteiger partial charge in [0.1, 0.15) is 16.5 Å². The second-order valence-electron chi connectivity index (χ2n) is 7.24. The Morgan fingerprint density at radius 1 is 1.09 bits per heavy atom. The van der Waals surface area contributed by atoms with Crippen molar-refractivity contribution in [1.82, 2.24) is 0 Å². The van der Waals surface area contributed by atoms with Crippen LogP contribution in [0.25, 0.3) is 6.08 Å². The third-order valence-corrected chi connectivity index (χ3v) is 7.16. The number of nitrogens with zero attached hydrogens (tertiary/aromatic N) is 1. The van der Waals surface area contributed by atoms with E-state index in [0.29, 0.717) is 19.7 Å². The number of benzene rings is 3. The number of anilines is 1. The molecule has 1 N–H and O–H groups in total. The second kappa shape index (κ2) is 10.7. The summed E-state index contributed by atoms with van der Waals surface area (Å²) in [4.78, 5) is 12.7. The molecule has 0 aliphatic heterocycles. The van der Waals surface area contributed by atoms with Crippen molar-refractivity contribution in [3.63, 3.8) is 0 Å². The van der Waals surface area contributed by atoms with Crippen LogP contribution >= 0.6 is 43.5 Å². The lowest BCUT2D eigenvalue weighted by Crippen LogP contribution is -2.15. The van der Waals surface area contributed by atoms with Crippen LogP contribution in [-0.4, -0.2) is 14.3 Å². The number of nitriles is 1. The smallest absolute Gasteiger partial charge is 0.339 e. The summed E-state index contributed by atoms with van der Waals surface area (Å²) >= 11 is 12.5. The molecule has 174 valence electrons. The molecule has 0 radical (unpaired) electrons. The predicted octanol–water partition coefficient (Wildman–Crippen LogP) is 6.80. The first kappa shape index (κ1) is 26.0. The first-order valence-corrected chi connectivity index (χ1v) is 13.1. The maximum absolute atomic E-state index is 12.8. The molecular weight excluding hydrogens is 608 g/mol. The van der Waals surface area contributed by atoms with Crippen LogP contribution < -0.4 is 9.50 Å². The Labute approximate surface area is 219 Å². The number of hydrogen-bond acceptors (Lipinski definition) is 5. The maximum Gasteiger partial charge on any atom is 0.339 e. The molecule has 0 saturated heterocycles. The van der Waals surface area contributed by atoms with Crippen LogP contribution in [0.3, 0.4) is 0 Å². The molecule has 1 amide bonds. The van der Waals surface area contributed by atoms with Gasteiger partial charge in [0.15, 0.2) is 5.75 Å². The number of carbonyl (C=O) groups excluding carboxylic acids is 1. The molecule has 3 aromatic carbocycles. The van der Waals surface area contributed by atoms with E-state index in [1.807, 2.05) is 32.0 Å². The van der Waals surface area contributed by atoms with E-state index in [0.717, 1.165) is 11.1 Å². The van der Waals surface area contributed by atoms with Crippen molar-refractivity contribution in [2.24, 2.45) is 0 Å². The van der Waals surface area contributed by atoms with E-state index < -0.39 is 16.0 Å². The van der Waals surface area contributed by atoms with Gasteiger partial charge < -0.3 is 9.50 Å². The summed E-state index contributed by atoms with van der Waals surface area (Å²) in [5.41, 5.74) is 2.40. The number of aryl methyl sites for hydroxylation is 2. The van der Waals surface area contributed by atoms with Crippen molar-refractivity contribution >= 4 is 71.2 Å². The van der Waals surface area contributed by atoms with Gasteiger partial charge in [-0.15, -0.1) is 0 Å². The molecule has 0 saturated carbocycles. The highest BCUT2D eigenvalue weighted by Crippen LogP contribution is 2.36. The van der Waals surface area contributed by atoms with Gasteiger partial charge in [-0.3, -0.25) is 4.79 Å². The number of rotatable bonds is 6. The summed E-state index contributed by atoms with van der Waals surface area (Å²) in [6.07, 6.45) is 1.26. The summed E-state index contributed by atoms with van der Waals surface area (Å²) in [6, 6.07) is 16.0. The molecule has 0 aromatic heterocycles. The van der Waals surface area contributed by atoms with Crippen molar-refractivity contribution in [2.75, 3.05) is 5.32 Å². The van der Waals surface area contributed by atoms with Gasteiger partial charge >= 0.3 is 10.1 Å². The van der Waals surface area contributed by atoms with E-state index in [-0.39, 0.29) is 21.8 Å². The van der Waals surface area contributed by atoms with Crippen molar-refractivity contribution in [1.29, 1.82) is 5.26 Å². The molecule has 0 unspecified atom stereocenters. The fourth-order valence-corrected chi connectivity index (χ4v) is 5.53. The highest BCUT2D eigenvalue weighted by molar-refractivity contribution is 9.11. The van der Waals surface area contributed by atoms with Crippen LogP contribution in [0.2, 0.25) is 5.02 Å². The molecule has 0 spiro atoms. The Morgan fingerprint density at radius 2 is 1.76 bits per heavy atom. The fraction of sp³-hybridized carbons (Fsp3) is 0.0833. The number of nitrogens with one attached hydrogen (secondary N) is 1. The zero-order valence-corrected chi connectivity index (χ0v) is 22.6. The number of carbonyl (C=O) groups is 1. The van der Waals surface area contributed by atoms with Gasteiger partial charge in [0.2, 0.25) is 0 Å². The van der Waals surface area contributed by atoms with Crippen molar-refractivity contribution in [3.8, 4) is 11.8 Å². The van der Waals surface area contributed by atoms with Gasteiger partial charge in [0.05, 0.1) is 4.47 Å². The van der Waals surface area contributed by atoms with E-state index in [9.17, 15) is 18.5 Å². The van der Waals surface area contributed by atoms with Crippen LogP contribution in [-0.2, 0) is 14.9 Å². The quantitative estimate of drug-likeness (QED) is 0.185. The van der Waals surface area contributed by atoms with Crippen LogP contribution in [0, 0.1) is 25.2 Å². The molecular formula is C24H17Br2ClN2O4S. The van der Waals surface area contributed by atoms with Crippen LogP contribution in [0.1, 0.15) is 16.7 Å². The lowest BCUT2D eigenvalue weighted by molar-refractivity contribution is -0.112. The second-order valence-corrected chi connectivity index (χ2v) is 11.0. The SMILES string of the molecule is Cc1ccc(NC(=O)/C(C#N)=C/c2cc(Br)cc(Br)c2OS(=O)(=O)c2ccc(Cl)cc2)c(C)c1. The Balaban J connectivity index is 2.00. The lowest BCUT2D eigenvalue weighted by atomic mass is 10.1. The third-order valence-electron chi connectivity index (χ3n) is 4.63. The Kier molecular flexibility index (Phi) is 8.21. The minimum atomic E-state index is -4.23. The average molecular weight is 625 g/mol. The Hall–Kier alpha value is -2.64. The molecule has 34 heavy (non-hydrogen) atoms. The zero-order valence-electron chi connectivity index (χ0n) is 17.9. The molecule has 6 nitrogen and oxygen atoms in total. The van der Waals surface area contributed by atoms with Crippen LogP contribution in [0.15, 0.2) is 74.0 Å². The summed E-state index contributed by atoms with van der Waals surface area (Å²) in [5, 5.41) is 12.7. The molecule has 0 atom stereocenters. The van der Waals surface area contributed by atoms with Gasteiger partial charge in [-0.2, -0.15) is 13.7 Å². The number of amides is 1. The standard InChI is InChI=1S/C24H17Br2ClN2O4S/c1-14-3-8-22(15(2)9-14)29-24(30)17(13-28)10-16-11-18(25)12-21(26)23(16)33-34(31,32)20-6-4-19(27)5-7-20/h3-12H,1-2H3,(H,29,30)/b17-10+. The summed E-state index contributed by atoms with van der Waals surface area (Å²) in [7, 11) is -4.23. The van der Waals surface area contributed by atoms with Gasteiger partial charge in [-0.05, 0) is 83.9 Å². The van der Waals surface area contributed by atoms with Crippen molar-refractivity contribution < 1.29 is 17.4 Å². The van der Waals surface area contributed by atoms with Crippen LogP contribution in [0.4, 0.5) is 5.69 Å². The van der Waals surface area contributed by atoms with Crippen molar-refractivity contribution in [3.05, 3.63) is 90.8 Å². The van der Waals surface area contributed by atoms with Gasteiger partial charge in [-0.1, -0.05) is 45.2 Å². The van der Waals surface area contributed by atoms with E-state index >= 15 is 0 Å². The maximum atomic E-state index is 12.8. The summed E-state index contributed by atoms with van der Waals surface area (Å²) < 4.78 is 31.9. The van der Waals surface area contributed by atoms with E-state index in [1.54, 1.807) is 18.2 Å². The minimum Gasteiger partial charge on any atom is -0.377 e.